The number of esters is 1. The Kier molecular flexibility index (Phi) is 2.69. The first-order valence-corrected chi connectivity index (χ1v) is 6.37. The number of methoxy groups -OCH3 is 1. The number of nitrogens with zero attached hydrogens (tertiary/aromatic N) is 2. The maximum Gasteiger partial charge on any atom is 0.358 e. The molecule has 1 atom stereocenters. The average Bonchev–Trinajstić information content (AvgIpc) is 2.37. The summed E-state index contributed by atoms with van der Waals surface area (Å²) in [6.45, 7) is 0. The van der Waals surface area contributed by atoms with E-state index in [1.165, 1.54) is 36.8 Å². The molecule has 18 heavy (non-hydrogen) atoms. The predicted octanol–water partition coefficient (Wildman–Crippen LogP) is 1.39. The zero-order chi connectivity index (χ0) is 12.7. The molecule has 0 spiro atoms. The van der Waals surface area contributed by atoms with Gasteiger partial charge in [-0.05, 0) is 43.6 Å². The first-order valence-electron chi connectivity index (χ1n) is 6.37. The molecule has 0 aromatic carbocycles. The molecule has 4 rings (SSSR count). The van der Waals surface area contributed by atoms with Crippen LogP contribution in [0.25, 0.3) is 0 Å². The highest BCUT2D eigenvalue weighted by Crippen LogP contribution is 2.50. The molecule has 5 heteroatoms. The van der Waals surface area contributed by atoms with Gasteiger partial charge in [-0.3, -0.25) is 4.79 Å². The number of hydrogen-bond donors (Lipinski definition) is 0. The Labute approximate surface area is 105 Å². The smallest absolute Gasteiger partial charge is 0.358 e. The summed E-state index contributed by atoms with van der Waals surface area (Å²) in [6.07, 6.45) is 4.55. The van der Waals surface area contributed by atoms with E-state index in [0.29, 0.717) is 5.92 Å². The number of fused-ring (bicyclic) bond motifs is 2. The number of carbonyl (C=O) groups is 1. The monoisotopic (exact) mass is 248 g/mol. The number of ether oxygens (including phenoxy) is 1. The highest BCUT2D eigenvalue weighted by Gasteiger charge is 2.41. The molecule has 96 valence electrons. The van der Waals surface area contributed by atoms with E-state index in [-0.39, 0.29) is 17.3 Å². The second kappa shape index (κ2) is 4.23. The van der Waals surface area contributed by atoms with Gasteiger partial charge in [-0.1, -0.05) is 0 Å². The molecule has 5 nitrogen and oxygen atoms in total. The molecule has 2 bridgehead atoms. The molecule has 1 aromatic heterocycles. The summed E-state index contributed by atoms with van der Waals surface area (Å²) < 4.78 is 6.13. The molecule has 1 aromatic rings. The Morgan fingerprint density at radius 3 is 2.78 bits per heavy atom. The van der Waals surface area contributed by atoms with Crippen molar-refractivity contribution in [1.82, 2.24) is 9.78 Å². The van der Waals surface area contributed by atoms with Crippen LogP contribution in [0.5, 0.6) is 0 Å². The summed E-state index contributed by atoms with van der Waals surface area (Å²) in [5, 5.41) is 4.17. The Morgan fingerprint density at radius 1 is 1.39 bits per heavy atom. The van der Waals surface area contributed by atoms with E-state index >= 15 is 0 Å². The van der Waals surface area contributed by atoms with Crippen LogP contribution in [0.3, 0.4) is 0 Å². The van der Waals surface area contributed by atoms with Crippen LogP contribution in [0.4, 0.5) is 0 Å². The second-order valence-corrected chi connectivity index (χ2v) is 5.24. The van der Waals surface area contributed by atoms with Gasteiger partial charge in [0.25, 0.3) is 5.56 Å². The number of aromatic nitrogens is 2. The van der Waals surface area contributed by atoms with Crippen LogP contribution < -0.4 is 5.56 Å². The van der Waals surface area contributed by atoms with Crippen molar-refractivity contribution >= 4 is 5.97 Å². The Hall–Kier alpha value is -1.65. The van der Waals surface area contributed by atoms with Crippen molar-refractivity contribution in [1.29, 1.82) is 0 Å². The van der Waals surface area contributed by atoms with Crippen LogP contribution >= 0.6 is 0 Å². The lowest BCUT2D eigenvalue weighted by molar-refractivity contribution is 0.0451. The lowest BCUT2D eigenvalue weighted by Gasteiger charge is -2.46. The maximum absolute atomic E-state index is 11.9. The first-order chi connectivity index (χ1) is 8.69. The quantitative estimate of drug-likeness (QED) is 0.742. The van der Waals surface area contributed by atoms with Crippen molar-refractivity contribution in [2.45, 2.75) is 31.7 Å². The molecule has 0 unspecified atom stereocenters. The third-order valence-electron chi connectivity index (χ3n) is 4.22. The molecule has 3 aliphatic carbocycles. The second-order valence-electron chi connectivity index (χ2n) is 5.24. The van der Waals surface area contributed by atoms with Crippen molar-refractivity contribution in [3.05, 3.63) is 28.2 Å². The largest absolute Gasteiger partial charge is 0.464 e. The van der Waals surface area contributed by atoms with Crippen LogP contribution in [-0.2, 0) is 4.74 Å². The van der Waals surface area contributed by atoms with Crippen molar-refractivity contribution in [3.8, 4) is 0 Å². The molecule has 3 fully saturated rings. The zero-order valence-corrected chi connectivity index (χ0v) is 10.3. The van der Waals surface area contributed by atoms with Gasteiger partial charge in [0.15, 0.2) is 5.69 Å². The minimum Gasteiger partial charge on any atom is -0.464 e. The molecule has 0 amide bonds. The third kappa shape index (κ3) is 1.74. The van der Waals surface area contributed by atoms with Crippen molar-refractivity contribution < 1.29 is 9.53 Å². The van der Waals surface area contributed by atoms with E-state index in [2.05, 4.69) is 9.84 Å². The Balaban J connectivity index is 1.94. The fraction of sp³-hybridized carbons (Fsp3) is 0.615. The van der Waals surface area contributed by atoms with Crippen LogP contribution in [0, 0.1) is 11.8 Å². The lowest BCUT2D eigenvalue weighted by Crippen LogP contribution is -2.42. The van der Waals surface area contributed by atoms with E-state index in [1.54, 1.807) is 0 Å². The van der Waals surface area contributed by atoms with Gasteiger partial charge in [0.05, 0.1) is 13.2 Å². The lowest BCUT2D eigenvalue weighted by atomic mass is 9.63. The molecular weight excluding hydrogens is 232 g/mol. The van der Waals surface area contributed by atoms with Gasteiger partial charge < -0.3 is 4.74 Å². The molecule has 0 N–H and O–H groups in total. The summed E-state index contributed by atoms with van der Waals surface area (Å²) in [5.41, 5.74) is 0.0801. The SMILES string of the molecule is COC(=O)c1ccc(=O)n([C@H]2CCC3CC2C3)n1. The first kappa shape index (κ1) is 11.4. The van der Waals surface area contributed by atoms with Gasteiger partial charge in [-0.15, -0.1) is 0 Å². The van der Waals surface area contributed by atoms with E-state index in [4.69, 9.17) is 0 Å². The van der Waals surface area contributed by atoms with Gasteiger partial charge in [0.1, 0.15) is 0 Å². The van der Waals surface area contributed by atoms with E-state index < -0.39 is 5.97 Å². The zero-order valence-electron chi connectivity index (χ0n) is 10.3. The molecule has 0 radical (unpaired) electrons. The molecule has 0 saturated heterocycles. The minimum atomic E-state index is -0.494. The Morgan fingerprint density at radius 2 is 2.17 bits per heavy atom. The normalized spacial score (nSPS) is 29.5. The van der Waals surface area contributed by atoms with Crippen molar-refractivity contribution in [2.24, 2.45) is 11.8 Å². The van der Waals surface area contributed by atoms with Crippen molar-refractivity contribution in [2.75, 3.05) is 7.11 Å². The minimum absolute atomic E-state index is 0.127. The van der Waals surface area contributed by atoms with E-state index in [1.807, 2.05) is 0 Å². The molecule has 0 aliphatic heterocycles. The fourth-order valence-electron chi connectivity index (χ4n) is 3.18. The van der Waals surface area contributed by atoms with Crippen LogP contribution in [0.15, 0.2) is 16.9 Å². The standard InChI is InChI=1S/C13H16N2O3/c1-18-13(17)10-3-5-12(16)15(14-10)11-4-2-8-6-9(11)7-8/h3,5,8-9,11H,2,4,6-7H2,1H3/t8?,9?,11-/m0/s1. The van der Waals surface area contributed by atoms with Gasteiger partial charge in [-0.25, -0.2) is 9.48 Å². The van der Waals surface area contributed by atoms with Crippen LogP contribution in [-0.4, -0.2) is 22.9 Å². The highest BCUT2D eigenvalue weighted by molar-refractivity contribution is 5.86. The molecule has 3 aliphatic rings. The summed E-state index contributed by atoms with van der Waals surface area (Å²) in [4.78, 5) is 23.3. The molecule has 1 heterocycles. The number of rotatable bonds is 2. The van der Waals surface area contributed by atoms with Crippen LogP contribution in [0.1, 0.15) is 42.2 Å². The van der Waals surface area contributed by atoms with Gasteiger partial charge in [0.2, 0.25) is 0 Å². The molecule has 3 saturated carbocycles. The van der Waals surface area contributed by atoms with Gasteiger partial charge >= 0.3 is 5.97 Å². The van der Waals surface area contributed by atoms with Crippen molar-refractivity contribution in [3.63, 3.8) is 0 Å². The summed E-state index contributed by atoms with van der Waals surface area (Å²) in [5.74, 6) is 0.915. The predicted molar refractivity (Wildman–Crippen MR) is 64.3 cm³/mol. The summed E-state index contributed by atoms with van der Waals surface area (Å²) >= 11 is 0. The molecular formula is C13H16N2O3. The number of carbonyl (C=O) groups excluding carboxylic acids is 1. The van der Waals surface area contributed by atoms with Crippen LogP contribution in [0.2, 0.25) is 0 Å². The maximum atomic E-state index is 11.9. The van der Waals surface area contributed by atoms with Gasteiger partial charge in [0, 0.05) is 6.07 Å². The average molecular weight is 248 g/mol. The number of hydrogen-bond acceptors (Lipinski definition) is 4. The van der Waals surface area contributed by atoms with E-state index in [9.17, 15) is 9.59 Å². The van der Waals surface area contributed by atoms with E-state index in [0.717, 1.165) is 18.8 Å². The third-order valence-corrected chi connectivity index (χ3v) is 4.22. The topological polar surface area (TPSA) is 61.2 Å². The van der Waals surface area contributed by atoms with Gasteiger partial charge in [-0.2, -0.15) is 5.10 Å². The fourth-order valence-corrected chi connectivity index (χ4v) is 3.18. The summed E-state index contributed by atoms with van der Waals surface area (Å²) in [7, 11) is 1.32. The Bertz CT molecular complexity index is 529. The summed E-state index contributed by atoms with van der Waals surface area (Å²) in [6, 6.07) is 2.99. The highest BCUT2D eigenvalue weighted by atomic mass is 16.5.